The number of benzene rings is 1. The highest BCUT2D eigenvalue weighted by molar-refractivity contribution is 5.99. The molecule has 0 saturated carbocycles. The summed E-state index contributed by atoms with van der Waals surface area (Å²) < 4.78 is 67.6. The first kappa shape index (κ1) is 24.9. The minimum Gasteiger partial charge on any atom is -0.403 e. The summed E-state index contributed by atoms with van der Waals surface area (Å²) in [5, 5.41) is 14.5. The van der Waals surface area contributed by atoms with Crippen molar-refractivity contribution >= 4 is 18.2 Å². The smallest absolute Gasteiger partial charge is 0.403 e. The molecule has 1 aromatic rings. The Kier molecular flexibility index (Phi) is 8.75. The van der Waals surface area contributed by atoms with Gasteiger partial charge >= 0.3 is 12.4 Å². The van der Waals surface area contributed by atoms with E-state index in [0.717, 1.165) is 12.1 Å². The highest BCUT2D eigenvalue weighted by Crippen LogP contribution is 2.30. The molecule has 0 aromatic heterocycles. The Hall–Kier alpha value is -3.18. The normalized spacial score (nSPS) is 13.2. The molecule has 0 saturated heterocycles. The van der Waals surface area contributed by atoms with Crippen LogP contribution in [0.5, 0.6) is 5.75 Å². The van der Waals surface area contributed by atoms with E-state index in [2.05, 4.69) is 15.4 Å². The van der Waals surface area contributed by atoms with Crippen molar-refractivity contribution in [1.29, 1.82) is 5.41 Å². The van der Waals surface area contributed by atoms with Crippen LogP contribution in [0.2, 0.25) is 0 Å². The van der Waals surface area contributed by atoms with E-state index in [0.29, 0.717) is 0 Å². The van der Waals surface area contributed by atoms with Gasteiger partial charge in [0.2, 0.25) is 6.41 Å². The van der Waals surface area contributed by atoms with E-state index >= 15 is 0 Å². The van der Waals surface area contributed by atoms with E-state index in [1.807, 2.05) is 5.32 Å². The third kappa shape index (κ3) is 7.33. The van der Waals surface area contributed by atoms with E-state index in [-0.39, 0.29) is 29.3 Å². The lowest BCUT2D eigenvalue weighted by Gasteiger charge is -2.27. The Labute approximate surface area is 169 Å². The molecule has 4 N–H and O–H groups in total. The number of allylic oxidation sites excluding steroid dienone is 1. The maximum absolute atomic E-state index is 14.1. The molecule has 0 aliphatic rings. The van der Waals surface area contributed by atoms with Gasteiger partial charge in [-0.2, -0.15) is 0 Å². The quantitative estimate of drug-likeness (QED) is 0.269. The van der Waals surface area contributed by atoms with Crippen molar-refractivity contribution in [3.05, 3.63) is 41.0 Å². The van der Waals surface area contributed by atoms with Gasteiger partial charge in [0.15, 0.2) is 11.6 Å². The second-order valence-electron chi connectivity index (χ2n) is 6.43. The van der Waals surface area contributed by atoms with Gasteiger partial charge in [-0.25, -0.2) is 13.6 Å². The Morgan fingerprint density at radius 3 is 2.40 bits per heavy atom. The summed E-state index contributed by atoms with van der Waals surface area (Å²) in [4.78, 5) is 22.1. The molecule has 0 aliphatic carbocycles. The van der Waals surface area contributed by atoms with Gasteiger partial charge in [0.1, 0.15) is 12.5 Å². The van der Waals surface area contributed by atoms with Crippen molar-refractivity contribution in [2.75, 3.05) is 6.67 Å². The average Bonchev–Trinajstić information content (AvgIpc) is 2.64. The van der Waals surface area contributed by atoms with Crippen molar-refractivity contribution in [3.8, 4) is 5.75 Å². The lowest BCUT2D eigenvalue weighted by Crippen LogP contribution is -2.42. The van der Waals surface area contributed by atoms with Crippen molar-refractivity contribution in [1.82, 2.24) is 16.0 Å². The fourth-order valence-electron chi connectivity index (χ4n) is 2.40. The third-order valence-electron chi connectivity index (χ3n) is 3.90. The Morgan fingerprint density at radius 2 is 1.93 bits per heavy atom. The molecule has 0 bridgehead atoms. The Balaban J connectivity index is 3.29. The topological polar surface area (TPSA) is 103 Å². The molecule has 30 heavy (non-hydrogen) atoms. The maximum Gasteiger partial charge on any atom is 0.573 e. The third-order valence-corrected chi connectivity index (χ3v) is 3.90. The predicted octanol–water partition coefficient (Wildman–Crippen LogP) is 3.69. The van der Waals surface area contributed by atoms with Gasteiger partial charge in [0.25, 0.3) is 0 Å². The van der Waals surface area contributed by atoms with E-state index in [1.54, 1.807) is 13.8 Å². The zero-order valence-corrected chi connectivity index (χ0v) is 16.3. The molecular weight excluding hydrogens is 415 g/mol. The lowest BCUT2D eigenvalue weighted by molar-refractivity contribution is -0.275. The molecule has 0 spiro atoms. The number of ether oxygens (including phenoxy) is 1. The van der Waals surface area contributed by atoms with E-state index in [4.69, 9.17) is 5.41 Å². The molecule has 1 aromatic carbocycles. The van der Waals surface area contributed by atoms with Gasteiger partial charge in [-0.15, -0.1) is 13.2 Å². The minimum absolute atomic E-state index is 0.00157. The number of urea groups is 1. The summed E-state index contributed by atoms with van der Waals surface area (Å²) in [7, 11) is 0. The molecule has 1 rings (SSSR count). The zero-order chi connectivity index (χ0) is 23.1. The van der Waals surface area contributed by atoms with Crippen molar-refractivity contribution in [2.45, 2.75) is 33.2 Å². The molecule has 0 radical (unpaired) electrons. The number of rotatable bonds is 9. The van der Waals surface area contributed by atoms with Crippen LogP contribution in [0.3, 0.4) is 0 Å². The zero-order valence-electron chi connectivity index (χ0n) is 16.3. The van der Waals surface area contributed by atoms with Crippen LogP contribution in [-0.2, 0) is 4.79 Å². The van der Waals surface area contributed by atoms with Crippen molar-refractivity contribution in [3.63, 3.8) is 0 Å². The van der Waals surface area contributed by atoms with Crippen LogP contribution in [0.1, 0.15) is 32.4 Å². The molecule has 1 atom stereocenters. The van der Waals surface area contributed by atoms with Gasteiger partial charge < -0.3 is 15.5 Å². The Morgan fingerprint density at radius 1 is 1.30 bits per heavy atom. The Bertz CT molecular complexity index is 825. The molecule has 7 nitrogen and oxygen atoms in total. The van der Waals surface area contributed by atoms with Gasteiger partial charge in [-0.05, 0) is 30.5 Å². The standard InChI is InChI=1S/C18H21F5N4O3/c1-9(2)15(11-4-5-14(12(20)6-11)30-18(21,22)23)26-16(10(3)13(24)7-19)27-17(29)25-8-28/h4-6,8-9,15,24,26H,7H2,1-3H3,(H2,25,27,28,29)/b16-10+,24-13?. The summed E-state index contributed by atoms with van der Waals surface area (Å²) in [5.41, 5.74) is -0.264. The first-order chi connectivity index (χ1) is 13.9. The number of imide groups is 1. The second-order valence-corrected chi connectivity index (χ2v) is 6.43. The van der Waals surface area contributed by atoms with Gasteiger partial charge in [0.05, 0.1) is 11.8 Å². The first-order valence-electron chi connectivity index (χ1n) is 8.57. The van der Waals surface area contributed by atoms with E-state index in [9.17, 15) is 31.5 Å². The maximum atomic E-state index is 14.1. The monoisotopic (exact) mass is 436 g/mol. The molecular formula is C18H21F5N4O3. The summed E-state index contributed by atoms with van der Waals surface area (Å²) in [6.45, 7) is 3.60. The molecule has 166 valence electrons. The van der Waals surface area contributed by atoms with Gasteiger partial charge in [-0.3, -0.25) is 15.4 Å². The molecule has 0 fully saturated rings. The number of halogens is 5. The SMILES string of the molecule is C/C(C(=N)CF)=C(\NC(=O)NC=O)NC(c1ccc(OC(F)(F)F)c(F)c1)C(C)C. The molecule has 0 heterocycles. The minimum atomic E-state index is -5.06. The van der Waals surface area contributed by atoms with Crippen molar-refractivity contribution < 1.29 is 36.3 Å². The van der Waals surface area contributed by atoms with Crippen LogP contribution in [0.25, 0.3) is 0 Å². The fourth-order valence-corrected chi connectivity index (χ4v) is 2.40. The fraction of sp³-hybridized carbons (Fsp3) is 0.389. The summed E-state index contributed by atoms with van der Waals surface area (Å²) in [6, 6.07) is 1.09. The first-order valence-corrected chi connectivity index (χ1v) is 8.57. The van der Waals surface area contributed by atoms with Crippen LogP contribution in [0, 0.1) is 17.1 Å². The van der Waals surface area contributed by atoms with Crippen LogP contribution >= 0.6 is 0 Å². The number of nitrogens with one attached hydrogen (secondary N) is 4. The average molecular weight is 436 g/mol. The van der Waals surface area contributed by atoms with E-state index < -0.39 is 42.4 Å². The predicted molar refractivity (Wildman–Crippen MR) is 97.9 cm³/mol. The number of alkyl halides is 4. The summed E-state index contributed by atoms with van der Waals surface area (Å²) in [6.07, 6.45) is -4.95. The number of hydrogen-bond donors (Lipinski definition) is 4. The second kappa shape index (κ2) is 10.6. The van der Waals surface area contributed by atoms with Gasteiger partial charge in [0, 0.05) is 5.57 Å². The molecule has 0 aliphatic heterocycles. The molecule has 1 unspecified atom stereocenters. The van der Waals surface area contributed by atoms with Crippen LogP contribution in [0.4, 0.5) is 26.7 Å². The summed E-state index contributed by atoms with van der Waals surface area (Å²) in [5.74, 6) is -2.70. The number of carbonyl (C=O) groups excluding carboxylic acids is 2. The molecule has 12 heteroatoms. The number of hydrogen-bond acceptors (Lipinski definition) is 5. The van der Waals surface area contributed by atoms with Gasteiger partial charge in [-0.1, -0.05) is 19.9 Å². The van der Waals surface area contributed by atoms with Crippen LogP contribution in [-0.4, -0.2) is 31.2 Å². The largest absolute Gasteiger partial charge is 0.573 e. The van der Waals surface area contributed by atoms with Crippen LogP contribution < -0.4 is 20.7 Å². The summed E-state index contributed by atoms with van der Waals surface area (Å²) >= 11 is 0. The number of carbonyl (C=O) groups is 2. The van der Waals surface area contributed by atoms with Crippen LogP contribution in [0.15, 0.2) is 29.6 Å². The van der Waals surface area contributed by atoms with Crippen molar-refractivity contribution in [2.24, 2.45) is 5.92 Å². The van der Waals surface area contributed by atoms with E-state index in [1.165, 1.54) is 13.0 Å². The molecule has 3 amide bonds. The highest BCUT2D eigenvalue weighted by Gasteiger charge is 2.32. The number of amides is 3. The highest BCUT2D eigenvalue weighted by atomic mass is 19.4. The lowest BCUT2D eigenvalue weighted by atomic mass is 9.95.